The topological polar surface area (TPSA) is 54.6 Å². The van der Waals surface area contributed by atoms with Crippen LogP contribution in [0.15, 0.2) is 45.9 Å². The lowest BCUT2D eigenvalue weighted by Gasteiger charge is -2.04. The SMILES string of the molecule is CC(=NNC(=O)c1ccccc1C)c1ccc(C)o1. The normalized spacial score (nSPS) is 11.4. The number of aryl methyl sites for hydroxylation is 2. The van der Waals surface area contributed by atoms with Gasteiger partial charge in [-0.1, -0.05) is 18.2 Å². The summed E-state index contributed by atoms with van der Waals surface area (Å²) < 4.78 is 5.42. The zero-order valence-corrected chi connectivity index (χ0v) is 11.2. The van der Waals surface area contributed by atoms with E-state index in [0.717, 1.165) is 11.3 Å². The highest BCUT2D eigenvalue weighted by Gasteiger charge is 2.08. The monoisotopic (exact) mass is 256 g/mol. The van der Waals surface area contributed by atoms with Gasteiger partial charge in [0.15, 0.2) is 0 Å². The minimum atomic E-state index is -0.222. The van der Waals surface area contributed by atoms with E-state index in [9.17, 15) is 4.79 Å². The molecule has 2 aromatic rings. The van der Waals surface area contributed by atoms with Gasteiger partial charge >= 0.3 is 0 Å². The number of benzene rings is 1. The molecule has 0 unspecified atom stereocenters. The summed E-state index contributed by atoms with van der Waals surface area (Å²) in [6.07, 6.45) is 0. The Labute approximate surface area is 112 Å². The van der Waals surface area contributed by atoms with Crippen LogP contribution in [-0.4, -0.2) is 11.6 Å². The number of hydrogen-bond donors (Lipinski definition) is 1. The number of amides is 1. The van der Waals surface area contributed by atoms with Gasteiger partial charge in [0.05, 0.1) is 0 Å². The molecule has 0 aliphatic heterocycles. The highest BCUT2D eigenvalue weighted by atomic mass is 16.3. The molecule has 1 amide bonds. The van der Waals surface area contributed by atoms with Gasteiger partial charge in [0.2, 0.25) is 0 Å². The Morgan fingerprint density at radius 2 is 1.89 bits per heavy atom. The van der Waals surface area contributed by atoms with Gasteiger partial charge in [0.25, 0.3) is 5.91 Å². The van der Waals surface area contributed by atoms with Crippen molar-refractivity contribution in [2.75, 3.05) is 0 Å². The largest absolute Gasteiger partial charge is 0.460 e. The highest BCUT2D eigenvalue weighted by molar-refractivity contribution is 5.99. The van der Waals surface area contributed by atoms with E-state index in [-0.39, 0.29) is 5.91 Å². The summed E-state index contributed by atoms with van der Waals surface area (Å²) >= 11 is 0. The van der Waals surface area contributed by atoms with E-state index in [4.69, 9.17) is 4.42 Å². The Hall–Kier alpha value is -2.36. The Morgan fingerprint density at radius 1 is 1.16 bits per heavy atom. The van der Waals surface area contributed by atoms with E-state index in [2.05, 4.69) is 10.5 Å². The minimum absolute atomic E-state index is 0.222. The van der Waals surface area contributed by atoms with Gasteiger partial charge in [-0.3, -0.25) is 4.79 Å². The molecule has 0 spiro atoms. The van der Waals surface area contributed by atoms with Crippen molar-refractivity contribution in [1.29, 1.82) is 0 Å². The predicted octanol–water partition coefficient (Wildman–Crippen LogP) is 3.05. The second-order valence-electron chi connectivity index (χ2n) is 4.36. The summed E-state index contributed by atoms with van der Waals surface area (Å²) in [7, 11) is 0. The molecule has 1 heterocycles. The Kier molecular flexibility index (Phi) is 3.80. The maximum absolute atomic E-state index is 12.0. The average molecular weight is 256 g/mol. The Balaban J connectivity index is 2.10. The van der Waals surface area contributed by atoms with Crippen LogP contribution in [0, 0.1) is 13.8 Å². The number of hydrogen-bond acceptors (Lipinski definition) is 3. The maximum atomic E-state index is 12.0. The van der Waals surface area contributed by atoms with Crippen molar-refractivity contribution in [1.82, 2.24) is 5.43 Å². The highest BCUT2D eigenvalue weighted by Crippen LogP contribution is 2.08. The average Bonchev–Trinajstić information content (AvgIpc) is 2.83. The Bertz CT molecular complexity index is 627. The lowest BCUT2D eigenvalue weighted by molar-refractivity contribution is 0.0954. The predicted molar refractivity (Wildman–Crippen MR) is 74.3 cm³/mol. The molecule has 1 aromatic heterocycles. The number of hydrazone groups is 1. The summed E-state index contributed by atoms with van der Waals surface area (Å²) in [5.41, 5.74) is 4.71. The molecule has 1 N–H and O–H groups in total. The number of nitrogens with zero attached hydrogens (tertiary/aromatic N) is 1. The molecule has 0 aliphatic rings. The summed E-state index contributed by atoms with van der Waals surface area (Å²) in [5, 5.41) is 4.05. The second kappa shape index (κ2) is 5.52. The number of rotatable bonds is 3. The lowest BCUT2D eigenvalue weighted by Crippen LogP contribution is -2.20. The lowest BCUT2D eigenvalue weighted by atomic mass is 10.1. The van der Waals surface area contributed by atoms with Crippen molar-refractivity contribution >= 4 is 11.6 Å². The fourth-order valence-corrected chi connectivity index (χ4v) is 1.71. The van der Waals surface area contributed by atoms with Crippen molar-refractivity contribution in [3.63, 3.8) is 0 Å². The zero-order valence-electron chi connectivity index (χ0n) is 11.2. The molecule has 2 rings (SSSR count). The molecule has 4 heteroatoms. The third-order valence-corrected chi connectivity index (χ3v) is 2.81. The molecule has 0 radical (unpaired) electrons. The first-order chi connectivity index (χ1) is 9.08. The first-order valence-electron chi connectivity index (χ1n) is 6.05. The van der Waals surface area contributed by atoms with E-state index in [1.165, 1.54) is 0 Å². The maximum Gasteiger partial charge on any atom is 0.271 e. The van der Waals surface area contributed by atoms with Crippen molar-refractivity contribution in [3.8, 4) is 0 Å². The standard InChI is InChI=1S/C15H16N2O2/c1-10-6-4-5-7-13(10)15(18)17-16-12(3)14-9-8-11(2)19-14/h4-9H,1-3H3,(H,17,18). The molecule has 0 atom stereocenters. The van der Waals surface area contributed by atoms with Crippen LogP contribution in [0.1, 0.15) is 34.4 Å². The van der Waals surface area contributed by atoms with Gasteiger partial charge in [-0.2, -0.15) is 5.10 Å². The van der Waals surface area contributed by atoms with Crippen molar-refractivity contribution in [2.24, 2.45) is 5.10 Å². The Morgan fingerprint density at radius 3 is 2.53 bits per heavy atom. The third kappa shape index (κ3) is 3.10. The molecule has 0 saturated heterocycles. The van der Waals surface area contributed by atoms with Gasteiger partial charge in [-0.15, -0.1) is 0 Å². The molecular formula is C15H16N2O2. The summed E-state index contributed by atoms with van der Waals surface area (Å²) in [6.45, 7) is 5.54. The van der Waals surface area contributed by atoms with Gasteiger partial charge in [0.1, 0.15) is 17.2 Å². The van der Waals surface area contributed by atoms with Crippen molar-refractivity contribution < 1.29 is 9.21 Å². The van der Waals surface area contributed by atoms with Crippen LogP contribution in [0.2, 0.25) is 0 Å². The third-order valence-electron chi connectivity index (χ3n) is 2.81. The molecule has 0 bridgehead atoms. The van der Waals surface area contributed by atoms with Crippen LogP contribution in [0.25, 0.3) is 0 Å². The first kappa shape index (κ1) is 13.1. The molecule has 1 aromatic carbocycles. The second-order valence-corrected chi connectivity index (χ2v) is 4.36. The van der Waals surface area contributed by atoms with Crippen LogP contribution < -0.4 is 5.43 Å². The molecule has 0 fully saturated rings. The number of carbonyl (C=O) groups excluding carboxylic acids is 1. The fraction of sp³-hybridized carbons (Fsp3) is 0.200. The van der Waals surface area contributed by atoms with Gasteiger partial charge in [-0.25, -0.2) is 5.43 Å². The summed E-state index contributed by atoms with van der Waals surface area (Å²) in [4.78, 5) is 12.0. The van der Waals surface area contributed by atoms with Crippen molar-refractivity contribution in [3.05, 3.63) is 59.0 Å². The van der Waals surface area contributed by atoms with E-state index >= 15 is 0 Å². The van der Waals surface area contributed by atoms with Gasteiger partial charge in [-0.05, 0) is 44.5 Å². The van der Waals surface area contributed by atoms with Crippen LogP contribution in [0.3, 0.4) is 0 Å². The minimum Gasteiger partial charge on any atom is -0.460 e. The number of nitrogens with one attached hydrogen (secondary N) is 1. The van der Waals surface area contributed by atoms with Crippen LogP contribution in [0.4, 0.5) is 0 Å². The van der Waals surface area contributed by atoms with E-state index in [0.29, 0.717) is 17.0 Å². The summed E-state index contributed by atoms with van der Waals surface area (Å²) in [5.74, 6) is 1.25. The molecule has 0 aliphatic carbocycles. The van der Waals surface area contributed by atoms with E-state index < -0.39 is 0 Å². The molecule has 19 heavy (non-hydrogen) atoms. The molecule has 4 nitrogen and oxygen atoms in total. The van der Waals surface area contributed by atoms with Crippen LogP contribution >= 0.6 is 0 Å². The zero-order chi connectivity index (χ0) is 13.8. The fourth-order valence-electron chi connectivity index (χ4n) is 1.71. The summed E-state index contributed by atoms with van der Waals surface area (Å²) in [6, 6.07) is 11.1. The number of carbonyl (C=O) groups is 1. The van der Waals surface area contributed by atoms with E-state index in [1.54, 1.807) is 13.0 Å². The molecule has 0 saturated carbocycles. The molecule has 98 valence electrons. The molecular weight excluding hydrogens is 240 g/mol. The van der Waals surface area contributed by atoms with Crippen LogP contribution in [0.5, 0.6) is 0 Å². The van der Waals surface area contributed by atoms with Crippen LogP contribution in [-0.2, 0) is 0 Å². The first-order valence-corrected chi connectivity index (χ1v) is 6.05. The van der Waals surface area contributed by atoms with Crippen molar-refractivity contribution in [2.45, 2.75) is 20.8 Å². The quantitative estimate of drug-likeness (QED) is 0.677. The van der Waals surface area contributed by atoms with E-state index in [1.807, 2.05) is 44.2 Å². The van der Waals surface area contributed by atoms with Gasteiger partial charge < -0.3 is 4.42 Å². The smallest absolute Gasteiger partial charge is 0.271 e. The van der Waals surface area contributed by atoms with Gasteiger partial charge in [0, 0.05) is 5.56 Å². The number of furan rings is 1.